The van der Waals surface area contributed by atoms with E-state index in [1.807, 2.05) is 24.3 Å². The summed E-state index contributed by atoms with van der Waals surface area (Å²) in [5.74, 6) is 0. The van der Waals surface area contributed by atoms with Gasteiger partial charge in [0, 0.05) is 10.1 Å². The van der Waals surface area contributed by atoms with E-state index < -0.39 is 0 Å². The number of hydrogen-bond acceptors (Lipinski definition) is 2. The minimum atomic E-state index is -0.370. The van der Waals surface area contributed by atoms with Crippen molar-refractivity contribution in [2.75, 3.05) is 19.6 Å². The summed E-state index contributed by atoms with van der Waals surface area (Å²) in [4.78, 5) is 2.34. The lowest BCUT2D eigenvalue weighted by atomic mass is 10.1. The summed E-state index contributed by atoms with van der Waals surface area (Å²) in [6.45, 7) is 7.23. The van der Waals surface area contributed by atoms with Crippen molar-refractivity contribution in [3.63, 3.8) is 0 Å². The summed E-state index contributed by atoms with van der Waals surface area (Å²) in [6.07, 6.45) is 1.91. The molecular weight excluding hydrogens is 325 g/mol. The lowest BCUT2D eigenvalue weighted by Gasteiger charge is -2.24. The zero-order chi connectivity index (χ0) is 12.7. The van der Waals surface area contributed by atoms with Crippen molar-refractivity contribution in [3.8, 4) is 0 Å². The van der Waals surface area contributed by atoms with Gasteiger partial charge in [0.25, 0.3) is 0 Å². The second kappa shape index (κ2) is 8.06. The molecule has 96 valence electrons. The van der Waals surface area contributed by atoms with E-state index in [0.717, 1.165) is 38.0 Å². The highest BCUT2D eigenvalue weighted by Gasteiger charge is 2.12. The van der Waals surface area contributed by atoms with Gasteiger partial charge in [0.2, 0.25) is 0 Å². The lowest BCUT2D eigenvalue weighted by Crippen LogP contribution is -2.30. The molecule has 0 saturated carbocycles. The third-order valence-electron chi connectivity index (χ3n) is 2.77. The molecule has 1 aromatic rings. The predicted octanol–water partition coefficient (Wildman–Crippen LogP) is 3.45. The molecule has 1 aromatic carbocycles. The minimum Gasteiger partial charge on any atom is -0.387 e. The first kappa shape index (κ1) is 14.9. The van der Waals surface area contributed by atoms with E-state index >= 15 is 0 Å². The van der Waals surface area contributed by atoms with Gasteiger partial charge in [0.15, 0.2) is 0 Å². The summed E-state index contributed by atoms with van der Waals surface area (Å²) in [5.41, 5.74) is 1.02. The van der Waals surface area contributed by atoms with Crippen LogP contribution in [0.5, 0.6) is 0 Å². The molecule has 0 aliphatic carbocycles. The van der Waals surface area contributed by atoms with Gasteiger partial charge < -0.3 is 10.0 Å². The molecule has 3 heteroatoms. The van der Waals surface area contributed by atoms with Gasteiger partial charge in [-0.3, -0.25) is 0 Å². The molecule has 0 aromatic heterocycles. The number of nitrogens with zero attached hydrogens (tertiary/aromatic N) is 1. The normalized spacial score (nSPS) is 13.0. The van der Waals surface area contributed by atoms with E-state index in [-0.39, 0.29) is 6.10 Å². The minimum absolute atomic E-state index is 0.370. The molecule has 2 nitrogen and oxygen atoms in total. The molecule has 1 rings (SSSR count). The Morgan fingerprint density at radius 1 is 1.12 bits per heavy atom. The summed E-state index contributed by atoms with van der Waals surface area (Å²) in [7, 11) is 0. The first-order valence-electron chi connectivity index (χ1n) is 6.33. The van der Waals surface area contributed by atoms with Crippen molar-refractivity contribution in [1.29, 1.82) is 0 Å². The van der Waals surface area contributed by atoms with E-state index in [9.17, 15) is 5.11 Å². The van der Waals surface area contributed by atoms with E-state index in [0.29, 0.717) is 0 Å². The van der Waals surface area contributed by atoms with Crippen LogP contribution in [0.4, 0.5) is 0 Å². The first-order valence-corrected chi connectivity index (χ1v) is 7.41. The Labute approximate surface area is 118 Å². The molecule has 0 spiro atoms. The first-order chi connectivity index (χ1) is 8.17. The Morgan fingerprint density at radius 2 is 1.65 bits per heavy atom. The Balaban J connectivity index is 2.56. The monoisotopic (exact) mass is 347 g/mol. The molecule has 0 heterocycles. The highest BCUT2D eigenvalue weighted by atomic mass is 127. The number of aliphatic hydroxyl groups is 1. The quantitative estimate of drug-likeness (QED) is 0.764. The van der Waals surface area contributed by atoms with Gasteiger partial charge in [-0.1, -0.05) is 26.0 Å². The van der Waals surface area contributed by atoms with E-state index in [2.05, 4.69) is 41.3 Å². The fraction of sp³-hybridized carbons (Fsp3) is 0.571. The summed E-state index contributed by atoms with van der Waals surface area (Å²) in [6, 6.07) is 8.12. The second-order valence-electron chi connectivity index (χ2n) is 4.37. The van der Waals surface area contributed by atoms with Gasteiger partial charge in [0.1, 0.15) is 0 Å². The van der Waals surface area contributed by atoms with E-state index in [1.54, 1.807) is 0 Å². The smallest absolute Gasteiger partial charge is 0.0916 e. The number of hydrogen-bond donors (Lipinski definition) is 1. The van der Waals surface area contributed by atoms with Crippen LogP contribution in [0, 0.1) is 3.57 Å². The van der Waals surface area contributed by atoms with Crippen LogP contribution in [0.2, 0.25) is 0 Å². The maximum Gasteiger partial charge on any atom is 0.0916 e. The molecule has 0 saturated heterocycles. The summed E-state index contributed by atoms with van der Waals surface area (Å²) < 4.78 is 1.21. The third kappa shape index (κ3) is 5.36. The molecular formula is C14H22INO. The largest absolute Gasteiger partial charge is 0.387 e. The molecule has 1 atom stereocenters. The topological polar surface area (TPSA) is 23.5 Å². The van der Waals surface area contributed by atoms with Gasteiger partial charge in [-0.2, -0.15) is 0 Å². The number of aliphatic hydroxyl groups excluding tert-OH is 1. The maximum atomic E-state index is 10.2. The average molecular weight is 347 g/mol. The predicted molar refractivity (Wildman–Crippen MR) is 81.1 cm³/mol. The van der Waals surface area contributed by atoms with Crippen molar-refractivity contribution in [2.24, 2.45) is 0 Å². The Bertz CT molecular complexity index is 307. The molecule has 0 aliphatic rings. The van der Waals surface area contributed by atoms with Crippen LogP contribution in [0.3, 0.4) is 0 Å². The summed E-state index contributed by atoms with van der Waals surface area (Å²) in [5, 5.41) is 10.2. The van der Waals surface area contributed by atoms with Crippen molar-refractivity contribution < 1.29 is 5.11 Å². The molecule has 0 fully saturated rings. The highest BCUT2D eigenvalue weighted by Crippen LogP contribution is 2.16. The zero-order valence-corrected chi connectivity index (χ0v) is 12.9. The van der Waals surface area contributed by atoms with Crippen LogP contribution in [0.25, 0.3) is 0 Å². The van der Waals surface area contributed by atoms with Crippen LogP contribution in [-0.4, -0.2) is 29.6 Å². The molecule has 0 amide bonds. The molecule has 1 N–H and O–H groups in total. The van der Waals surface area contributed by atoms with Crippen LogP contribution < -0.4 is 0 Å². The van der Waals surface area contributed by atoms with Crippen LogP contribution in [-0.2, 0) is 0 Å². The number of benzene rings is 1. The van der Waals surface area contributed by atoms with Gasteiger partial charge in [0.05, 0.1) is 6.10 Å². The lowest BCUT2D eigenvalue weighted by molar-refractivity contribution is 0.113. The SMILES string of the molecule is CCCN(CCC)CC(O)c1ccc(I)cc1. The fourth-order valence-electron chi connectivity index (χ4n) is 1.96. The van der Waals surface area contributed by atoms with Crippen LogP contribution >= 0.6 is 22.6 Å². The Hall–Kier alpha value is -0.130. The van der Waals surface area contributed by atoms with E-state index in [4.69, 9.17) is 0 Å². The Morgan fingerprint density at radius 3 is 2.12 bits per heavy atom. The van der Waals surface area contributed by atoms with Gasteiger partial charge in [-0.15, -0.1) is 0 Å². The van der Waals surface area contributed by atoms with Crippen LogP contribution in [0.15, 0.2) is 24.3 Å². The van der Waals surface area contributed by atoms with Crippen molar-refractivity contribution >= 4 is 22.6 Å². The van der Waals surface area contributed by atoms with Crippen molar-refractivity contribution in [1.82, 2.24) is 4.90 Å². The standard InChI is InChI=1S/C14H22INO/c1-3-9-16(10-4-2)11-14(17)12-5-7-13(15)8-6-12/h5-8,14,17H,3-4,9-11H2,1-2H3. The zero-order valence-electron chi connectivity index (χ0n) is 10.7. The molecule has 17 heavy (non-hydrogen) atoms. The Kier molecular flexibility index (Phi) is 7.08. The van der Waals surface area contributed by atoms with E-state index in [1.165, 1.54) is 3.57 Å². The molecule has 0 aliphatic heterocycles. The van der Waals surface area contributed by atoms with Crippen LogP contribution in [0.1, 0.15) is 38.4 Å². The average Bonchev–Trinajstić information content (AvgIpc) is 2.30. The number of rotatable bonds is 7. The van der Waals surface area contributed by atoms with Crippen molar-refractivity contribution in [3.05, 3.63) is 33.4 Å². The highest BCUT2D eigenvalue weighted by molar-refractivity contribution is 14.1. The second-order valence-corrected chi connectivity index (χ2v) is 5.61. The maximum absolute atomic E-state index is 10.2. The number of halogens is 1. The van der Waals surface area contributed by atoms with Crippen molar-refractivity contribution in [2.45, 2.75) is 32.8 Å². The molecule has 0 bridgehead atoms. The third-order valence-corrected chi connectivity index (χ3v) is 3.48. The van der Waals surface area contributed by atoms with Gasteiger partial charge in [-0.25, -0.2) is 0 Å². The molecule has 0 radical (unpaired) electrons. The fourth-order valence-corrected chi connectivity index (χ4v) is 2.32. The van der Waals surface area contributed by atoms with Gasteiger partial charge >= 0.3 is 0 Å². The molecule has 1 unspecified atom stereocenters. The summed E-state index contributed by atoms with van der Waals surface area (Å²) >= 11 is 2.28. The van der Waals surface area contributed by atoms with Gasteiger partial charge in [-0.05, 0) is 66.2 Å².